The molecule has 0 fully saturated rings. The van der Waals surface area contributed by atoms with Crippen LogP contribution in [0.3, 0.4) is 0 Å². The molecule has 4 aromatic rings. The molecule has 0 aliphatic carbocycles. The Hall–Kier alpha value is -3.86. The van der Waals surface area contributed by atoms with E-state index in [1.54, 1.807) is 29.0 Å². The number of aromatic nitrogens is 5. The molecule has 144 valence electrons. The normalized spacial score (nSPS) is 10.8. The van der Waals surface area contributed by atoms with Crippen LogP contribution in [0.15, 0.2) is 66.1 Å². The Morgan fingerprint density at radius 2 is 2.07 bits per heavy atom. The number of nitrogens with zero attached hydrogens (tertiary/aromatic N) is 6. The van der Waals surface area contributed by atoms with E-state index in [4.69, 9.17) is 0 Å². The number of carbonyl (C=O) groups is 1. The third kappa shape index (κ3) is 4.19. The first-order valence-electron chi connectivity index (χ1n) is 8.40. The van der Waals surface area contributed by atoms with Crippen molar-refractivity contribution in [3.05, 3.63) is 71.0 Å². The summed E-state index contributed by atoms with van der Waals surface area (Å²) in [5.41, 5.74) is 2.37. The number of carbonyl (C=O) groups excluding carboxylic acids is 1. The van der Waals surface area contributed by atoms with Gasteiger partial charge in [0.25, 0.3) is 5.69 Å². The van der Waals surface area contributed by atoms with Crippen molar-refractivity contribution >= 4 is 34.7 Å². The number of anilines is 1. The van der Waals surface area contributed by atoms with E-state index in [2.05, 4.69) is 25.6 Å². The second-order valence-electron chi connectivity index (χ2n) is 5.86. The molecule has 11 heteroatoms. The van der Waals surface area contributed by atoms with Crippen molar-refractivity contribution in [2.75, 3.05) is 11.1 Å². The molecule has 0 atom stereocenters. The Morgan fingerprint density at radius 1 is 1.17 bits per heavy atom. The zero-order valence-corrected chi connectivity index (χ0v) is 15.6. The Bertz CT molecular complexity index is 1200. The summed E-state index contributed by atoms with van der Waals surface area (Å²) in [7, 11) is 0. The zero-order valence-electron chi connectivity index (χ0n) is 14.8. The first kappa shape index (κ1) is 18.5. The summed E-state index contributed by atoms with van der Waals surface area (Å²) in [6.07, 6.45) is 3.39. The zero-order chi connectivity index (χ0) is 20.2. The minimum Gasteiger partial charge on any atom is -0.325 e. The number of nitrogens with one attached hydrogen (secondary N) is 1. The highest BCUT2D eigenvalue weighted by Gasteiger charge is 2.13. The number of thioether (sulfide) groups is 1. The highest BCUT2D eigenvalue weighted by molar-refractivity contribution is 7.99. The summed E-state index contributed by atoms with van der Waals surface area (Å²) in [6.45, 7) is 0. The van der Waals surface area contributed by atoms with Crippen LogP contribution in [0.5, 0.6) is 0 Å². The Kier molecular flexibility index (Phi) is 5.12. The van der Waals surface area contributed by atoms with Crippen molar-refractivity contribution in [2.24, 2.45) is 0 Å². The van der Waals surface area contributed by atoms with Crippen LogP contribution in [-0.4, -0.2) is 41.4 Å². The van der Waals surface area contributed by atoms with Crippen LogP contribution in [-0.2, 0) is 4.79 Å². The van der Waals surface area contributed by atoms with E-state index in [1.807, 2.05) is 18.2 Å². The van der Waals surface area contributed by atoms with Gasteiger partial charge in [-0.2, -0.15) is 9.61 Å². The Balaban J connectivity index is 1.47. The molecule has 1 aromatic carbocycles. The molecule has 0 aliphatic heterocycles. The molecule has 0 unspecified atom stereocenters. The van der Waals surface area contributed by atoms with E-state index in [0.29, 0.717) is 22.2 Å². The minimum absolute atomic E-state index is 0.0439. The summed E-state index contributed by atoms with van der Waals surface area (Å²) in [5, 5.41) is 26.6. The van der Waals surface area contributed by atoms with Crippen LogP contribution in [0.1, 0.15) is 0 Å². The lowest BCUT2D eigenvalue weighted by atomic mass is 10.2. The van der Waals surface area contributed by atoms with Crippen molar-refractivity contribution in [1.82, 2.24) is 24.8 Å². The highest BCUT2D eigenvalue weighted by Crippen LogP contribution is 2.21. The van der Waals surface area contributed by atoms with Gasteiger partial charge < -0.3 is 5.32 Å². The average Bonchev–Trinajstić information content (AvgIpc) is 3.15. The topological polar surface area (TPSA) is 128 Å². The van der Waals surface area contributed by atoms with Gasteiger partial charge in [0.15, 0.2) is 5.65 Å². The molecule has 0 saturated heterocycles. The number of amides is 1. The molecule has 4 rings (SSSR count). The summed E-state index contributed by atoms with van der Waals surface area (Å²) in [4.78, 5) is 26.6. The number of rotatable bonds is 6. The maximum Gasteiger partial charge on any atom is 0.271 e. The number of nitro groups is 1. The molecular weight excluding hydrogens is 394 g/mol. The van der Waals surface area contributed by atoms with E-state index < -0.39 is 4.92 Å². The molecule has 3 heterocycles. The SMILES string of the molecule is O=C(CSc1nnc2ccc(-c3cccnc3)nn12)Nc1cccc([N+](=O)[O-])c1. The number of pyridine rings is 1. The number of benzene rings is 1. The number of nitro benzene ring substituents is 1. The third-order valence-electron chi connectivity index (χ3n) is 3.86. The van der Waals surface area contributed by atoms with Crippen molar-refractivity contribution in [2.45, 2.75) is 5.16 Å². The number of fused-ring (bicyclic) bond motifs is 1. The van der Waals surface area contributed by atoms with Crippen molar-refractivity contribution in [3.8, 4) is 11.3 Å². The largest absolute Gasteiger partial charge is 0.325 e. The van der Waals surface area contributed by atoms with Crippen molar-refractivity contribution in [3.63, 3.8) is 0 Å². The summed E-state index contributed by atoms with van der Waals surface area (Å²) in [6, 6.07) is 13.1. The summed E-state index contributed by atoms with van der Waals surface area (Å²) >= 11 is 1.16. The lowest BCUT2D eigenvalue weighted by molar-refractivity contribution is -0.384. The molecule has 29 heavy (non-hydrogen) atoms. The first-order valence-corrected chi connectivity index (χ1v) is 9.39. The maximum absolute atomic E-state index is 12.2. The Labute approximate surface area is 168 Å². The van der Waals surface area contributed by atoms with Crippen LogP contribution in [0.4, 0.5) is 11.4 Å². The van der Waals surface area contributed by atoms with E-state index in [9.17, 15) is 14.9 Å². The third-order valence-corrected chi connectivity index (χ3v) is 4.78. The molecule has 10 nitrogen and oxygen atoms in total. The predicted molar refractivity (Wildman–Crippen MR) is 106 cm³/mol. The van der Waals surface area contributed by atoms with Gasteiger partial charge in [-0.15, -0.1) is 10.2 Å². The van der Waals surface area contributed by atoms with E-state index in [0.717, 1.165) is 17.3 Å². The fraction of sp³-hybridized carbons (Fsp3) is 0.0556. The predicted octanol–water partition coefficient (Wildman–Crippen LogP) is 2.83. The van der Waals surface area contributed by atoms with Gasteiger partial charge in [-0.05, 0) is 30.3 Å². The van der Waals surface area contributed by atoms with Crippen molar-refractivity contribution < 1.29 is 9.72 Å². The monoisotopic (exact) mass is 407 g/mol. The van der Waals surface area contributed by atoms with E-state index in [-0.39, 0.29) is 17.3 Å². The fourth-order valence-electron chi connectivity index (χ4n) is 2.55. The van der Waals surface area contributed by atoms with Crippen molar-refractivity contribution in [1.29, 1.82) is 0 Å². The van der Waals surface area contributed by atoms with E-state index in [1.165, 1.54) is 18.2 Å². The van der Waals surface area contributed by atoms with Gasteiger partial charge in [0.1, 0.15) is 0 Å². The molecular formula is C18H13N7O3S. The lowest BCUT2D eigenvalue weighted by Crippen LogP contribution is -2.14. The average molecular weight is 407 g/mol. The van der Waals surface area contributed by atoms with Gasteiger partial charge in [-0.25, -0.2) is 0 Å². The van der Waals surface area contributed by atoms with Gasteiger partial charge in [-0.1, -0.05) is 17.8 Å². The second kappa shape index (κ2) is 8.02. The quantitative estimate of drug-likeness (QED) is 0.293. The molecule has 0 aliphatic rings. The summed E-state index contributed by atoms with van der Waals surface area (Å²) in [5.74, 6) is -0.280. The van der Waals surface area contributed by atoms with Crippen LogP contribution >= 0.6 is 11.8 Å². The van der Waals surface area contributed by atoms with Gasteiger partial charge in [0, 0.05) is 35.8 Å². The lowest BCUT2D eigenvalue weighted by Gasteiger charge is -2.05. The molecule has 1 N–H and O–H groups in total. The molecule has 0 spiro atoms. The second-order valence-corrected chi connectivity index (χ2v) is 6.80. The minimum atomic E-state index is -0.516. The number of hydrogen-bond acceptors (Lipinski definition) is 8. The highest BCUT2D eigenvalue weighted by atomic mass is 32.2. The number of hydrogen-bond donors (Lipinski definition) is 1. The summed E-state index contributed by atoms with van der Waals surface area (Å²) < 4.78 is 1.56. The van der Waals surface area contributed by atoms with Gasteiger partial charge >= 0.3 is 0 Å². The van der Waals surface area contributed by atoms with E-state index >= 15 is 0 Å². The van der Waals surface area contributed by atoms with Crippen LogP contribution in [0, 0.1) is 10.1 Å². The fourth-order valence-corrected chi connectivity index (χ4v) is 3.24. The molecule has 0 radical (unpaired) electrons. The van der Waals surface area contributed by atoms with Gasteiger partial charge in [-0.3, -0.25) is 19.9 Å². The first-order chi connectivity index (χ1) is 14.1. The molecule has 0 saturated carbocycles. The standard InChI is InChI=1S/C18H13N7O3S/c26-17(20-13-4-1-5-14(9-13)25(27)28)11-29-18-22-21-16-7-6-15(23-24(16)18)12-3-2-8-19-10-12/h1-10H,11H2,(H,20,26). The Morgan fingerprint density at radius 3 is 2.86 bits per heavy atom. The van der Waals surface area contributed by atoms with Gasteiger partial charge in [0.2, 0.25) is 11.1 Å². The van der Waals surface area contributed by atoms with Crippen LogP contribution in [0.25, 0.3) is 16.9 Å². The molecule has 3 aromatic heterocycles. The smallest absolute Gasteiger partial charge is 0.271 e. The number of non-ortho nitro benzene ring substituents is 1. The van der Waals surface area contributed by atoms with Crippen LogP contribution in [0.2, 0.25) is 0 Å². The molecule has 1 amide bonds. The van der Waals surface area contributed by atoms with Crippen LogP contribution < -0.4 is 5.32 Å². The molecule has 0 bridgehead atoms. The maximum atomic E-state index is 12.2. The van der Waals surface area contributed by atoms with Gasteiger partial charge in [0.05, 0.1) is 16.4 Å².